The third-order valence-electron chi connectivity index (χ3n) is 5.02. The van der Waals surface area contributed by atoms with Crippen molar-refractivity contribution in [1.29, 1.82) is 0 Å². The maximum absolute atomic E-state index is 12.2. The SMILES string of the molecule is COc1ccc2oc(=O)cc(-c3nc(-c4ccccc4)c(-c4ccccc4)[nH]3)c2c1. The lowest BCUT2D eigenvalue weighted by molar-refractivity contribution is 0.415. The number of fused-ring (bicyclic) bond motifs is 1. The Balaban J connectivity index is 1.79. The van der Waals surface area contributed by atoms with Crippen molar-refractivity contribution in [1.82, 2.24) is 9.97 Å². The quantitative estimate of drug-likeness (QED) is 0.407. The number of nitrogens with zero attached hydrogens (tertiary/aromatic N) is 1. The molecule has 0 saturated heterocycles. The summed E-state index contributed by atoms with van der Waals surface area (Å²) in [6.07, 6.45) is 0. The summed E-state index contributed by atoms with van der Waals surface area (Å²) in [6.45, 7) is 0. The number of aromatic nitrogens is 2. The highest BCUT2D eigenvalue weighted by molar-refractivity contribution is 5.93. The minimum Gasteiger partial charge on any atom is -0.497 e. The van der Waals surface area contributed by atoms with Gasteiger partial charge in [0, 0.05) is 28.1 Å². The van der Waals surface area contributed by atoms with E-state index in [0.717, 1.165) is 27.9 Å². The van der Waals surface area contributed by atoms with Gasteiger partial charge >= 0.3 is 5.63 Å². The van der Waals surface area contributed by atoms with Crippen LogP contribution in [-0.2, 0) is 0 Å². The Morgan fingerprint density at radius 1 is 0.867 bits per heavy atom. The minimum atomic E-state index is -0.429. The Hall–Kier alpha value is -4.12. The Morgan fingerprint density at radius 2 is 1.57 bits per heavy atom. The molecule has 5 rings (SSSR count). The second-order valence-electron chi connectivity index (χ2n) is 6.88. The molecule has 0 amide bonds. The summed E-state index contributed by atoms with van der Waals surface area (Å²) < 4.78 is 10.7. The smallest absolute Gasteiger partial charge is 0.336 e. The molecule has 3 aromatic carbocycles. The molecule has 0 aliphatic carbocycles. The highest BCUT2D eigenvalue weighted by Gasteiger charge is 2.18. The van der Waals surface area contributed by atoms with Crippen molar-refractivity contribution in [3.63, 3.8) is 0 Å². The van der Waals surface area contributed by atoms with Gasteiger partial charge in [0.05, 0.1) is 18.5 Å². The summed E-state index contributed by atoms with van der Waals surface area (Å²) in [6, 6.07) is 26.8. The van der Waals surface area contributed by atoms with Gasteiger partial charge in [-0.2, -0.15) is 0 Å². The van der Waals surface area contributed by atoms with Crippen molar-refractivity contribution in [2.24, 2.45) is 0 Å². The fourth-order valence-corrected chi connectivity index (χ4v) is 3.58. The third kappa shape index (κ3) is 3.16. The lowest BCUT2D eigenvalue weighted by Crippen LogP contribution is -1.99. The van der Waals surface area contributed by atoms with E-state index in [1.165, 1.54) is 6.07 Å². The van der Waals surface area contributed by atoms with Crippen molar-refractivity contribution in [3.8, 4) is 39.7 Å². The van der Waals surface area contributed by atoms with Crippen LogP contribution in [0.2, 0.25) is 0 Å². The second-order valence-corrected chi connectivity index (χ2v) is 6.88. The van der Waals surface area contributed by atoms with Crippen LogP contribution in [0.4, 0.5) is 0 Å². The summed E-state index contributed by atoms with van der Waals surface area (Å²) >= 11 is 0. The van der Waals surface area contributed by atoms with E-state index in [0.29, 0.717) is 22.7 Å². The van der Waals surface area contributed by atoms with Crippen LogP contribution in [0.1, 0.15) is 0 Å². The van der Waals surface area contributed by atoms with E-state index < -0.39 is 5.63 Å². The standard InChI is InChI=1S/C25H18N2O3/c1-29-18-12-13-21-19(14-18)20(15-22(28)30-21)25-26-23(16-8-4-2-5-9-16)24(27-25)17-10-6-3-7-11-17/h2-15H,1H3,(H,26,27). The van der Waals surface area contributed by atoms with Gasteiger partial charge in [0.25, 0.3) is 0 Å². The second kappa shape index (κ2) is 7.37. The van der Waals surface area contributed by atoms with Crippen molar-refractivity contribution in [3.05, 3.63) is 95.3 Å². The number of hydrogen-bond donors (Lipinski definition) is 1. The van der Waals surface area contributed by atoms with Gasteiger partial charge in [-0.05, 0) is 18.2 Å². The largest absolute Gasteiger partial charge is 0.497 e. The van der Waals surface area contributed by atoms with E-state index in [-0.39, 0.29) is 0 Å². The predicted octanol–water partition coefficient (Wildman–Crippen LogP) is 5.53. The maximum Gasteiger partial charge on any atom is 0.336 e. The molecule has 30 heavy (non-hydrogen) atoms. The van der Waals surface area contributed by atoms with Crippen molar-refractivity contribution >= 4 is 11.0 Å². The molecule has 0 aliphatic heterocycles. The molecular weight excluding hydrogens is 376 g/mol. The van der Waals surface area contributed by atoms with E-state index in [1.807, 2.05) is 66.7 Å². The normalized spacial score (nSPS) is 11.0. The number of benzene rings is 3. The predicted molar refractivity (Wildman–Crippen MR) is 117 cm³/mol. The zero-order valence-corrected chi connectivity index (χ0v) is 16.3. The average molecular weight is 394 g/mol. The summed E-state index contributed by atoms with van der Waals surface area (Å²) in [5.74, 6) is 1.27. The molecule has 0 saturated carbocycles. The maximum atomic E-state index is 12.2. The van der Waals surface area contributed by atoms with Gasteiger partial charge in [-0.3, -0.25) is 0 Å². The third-order valence-corrected chi connectivity index (χ3v) is 5.02. The van der Waals surface area contributed by atoms with Crippen LogP contribution in [0.15, 0.2) is 94.1 Å². The highest BCUT2D eigenvalue weighted by atomic mass is 16.5. The van der Waals surface area contributed by atoms with E-state index in [2.05, 4.69) is 4.98 Å². The van der Waals surface area contributed by atoms with Crippen LogP contribution in [0.3, 0.4) is 0 Å². The Bertz CT molecular complexity index is 1330. The van der Waals surface area contributed by atoms with Gasteiger partial charge < -0.3 is 14.1 Å². The van der Waals surface area contributed by atoms with Crippen LogP contribution in [0, 0.1) is 0 Å². The summed E-state index contributed by atoms with van der Waals surface area (Å²) in [7, 11) is 1.61. The van der Waals surface area contributed by atoms with Crippen molar-refractivity contribution < 1.29 is 9.15 Å². The number of nitrogens with one attached hydrogen (secondary N) is 1. The molecule has 5 nitrogen and oxygen atoms in total. The van der Waals surface area contributed by atoms with Gasteiger partial charge in [-0.25, -0.2) is 9.78 Å². The molecule has 0 bridgehead atoms. The van der Waals surface area contributed by atoms with Crippen LogP contribution in [-0.4, -0.2) is 17.1 Å². The van der Waals surface area contributed by atoms with Gasteiger partial charge in [0.1, 0.15) is 17.2 Å². The average Bonchev–Trinajstić information content (AvgIpc) is 3.25. The lowest BCUT2D eigenvalue weighted by atomic mass is 10.1. The van der Waals surface area contributed by atoms with Gasteiger partial charge in [-0.15, -0.1) is 0 Å². The Morgan fingerprint density at radius 3 is 2.27 bits per heavy atom. The molecule has 0 fully saturated rings. The van der Waals surface area contributed by atoms with E-state index in [4.69, 9.17) is 14.1 Å². The molecule has 5 heteroatoms. The van der Waals surface area contributed by atoms with Crippen LogP contribution in [0.25, 0.3) is 44.9 Å². The van der Waals surface area contributed by atoms with Gasteiger partial charge in [0.2, 0.25) is 0 Å². The zero-order valence-electron chi connectivity index (χ0n) is 16.3. The molecule has 0 radical (unpaired) electrons. The minimum absolute atomic E-state index is 0.429. The number of rotatable bonds is 4. The summed E-state index contributed by atoms with van der Waals surface area (Å²) in [4.78, 5) is 20.6. The van der Waals surface area contributed by atoms with Crippen LogP contribution in [0.5, 0.6) is 5.75 Å². The number of H-pyrrole nitrogens is 1. The first-order chi connectivity index (χ1) is 14.7. The molecule has 2 heterocycles. The summed E-state index contributed by atoms with van der Waals surface area (Å²) in [5.41, 5.74) is 4.43. The summed E-state index contributed by atoms with van der Waals surface area (Å²) in [5, 5.41) is 0.752. The molecule has 146 valence electrons. The van der Waals surface area contributed by atoms with Crippen LogP contribution < -0.4 is 10.4 Å². The Labute approximate surface area is 172 Å². The molecule has 0 atom stereocenters. The van der Waals surface area contributed by atoms with Gasteiger partial charge in [-0.1, -0.05) is 60.7 Å². The number of aromatic amines is 1. The number of imidazole rings is 1. The molecule has 2 aromatic heterocycles. The van der Waals surface area contributed by atoms with Crippen molar-refractivity contribution in [2.75, 3.05) is 7.11 Å². The Kier molecular flexibility index (Phi) is 4.41. The first-order valence-corrected chi connectivity index (χ1v) is 9.56. The van der Waals surface area contributed by atoms with Crippen LogP contribution >= 0.6 is 0 Å². The molecule has 0 unspecified atom stereocenters. The van der Waals surface area contributed by atoms with Crippen molar-refractivity contribution in [2.45, 2.75) is 0 Å². The molecule has 5 aromatic rings. The number of hydrogen-bond acceptors (Lipinski definition) is 4. The van der Waals surface area contributed by atoms with E-state index in [9.17, 15) is 4.79 Å². The van der Waals surface area contributed by atoms with E-state index >= 15 is 0 Å². The fraction of sp³-hybridized carbons (Fsp3) is 0.0400. The van der Waals surface area contributed by atoms with Gasteiger partial charge in [0.15, 0.2) is 0 Å². The highest BCUT2D eigenvalue weighted by Crippen LogP contribution is 2.35. The monoisotopic (exact) mass is 394 g/mol. The number of ether oxygens (including phenoxy) is 1. The molecule has 0 spiro atoms. The molecule has 1 N–H and O–H groups in total. The first-order valence-electron chi connectivity index (χ1n) is 9.56. The number of methoxy groups -OCH3 is 1. The molecular formula is C25H18N2O3. The zero-order chi connectivity index (χ0) is 20.5. The fourth-order valence-electron chi connectivity index (χ4n) is 3.58. The van der Waals surface area contributed by atoms with E-state index in [1.54, 1.807) is 19.2 Å². The molecule has 0 aliphatic rings. The topological polar surface area (TPSA) is 68.1 Å². The lowest BCUT2D eigenvalue weighted by Gasteiger charge is -2.05. The first kappa shape index (κ1) is 17.9.